The third kappa shape index (κ3) is 3.95. The zero-order valence-electron chi connectivity index (χ0n) is 16.9. The molecule has 152 valence electrons. The van der Waals surface area contributed by atoms with Gasteiger partial charge in [-0.3, -0.25) is 9.59 Å². The Morgan fingerprint density at radius 1 is 1.25 bits per heavy atom. The summed E-state index contributed by atoms with van der Waals surface area (Å²) >= 11 is 0. The number of hydrogen-bond donors (Lipinski definition) is 2. The number of carboxylic acids is 1. The molecular formula is C20H28N4O4. The van der Waals surface area contributed by atoms with E-state index in [2.05, 4.69) is 15.4 Å². The predicted molar refractivity (Wildman–Crippen MR) is 104 cm³/mol. The molecule has 8 nitrogen and oxygen atoms in total. The fourth-order valence-corrected chi connectivity index (χ4v) is 4.13. The van der Waals surface area contributed by atoms with Gasteiger partial charge in [-0.2, -0.15) is 0 Å². The second kappa shape index (κ2) is 8.16. The van der Waals surface area contributed by atoms with Crippen LogP contribution in [0.25, 0.3) is 11.0 Å². The SMILES string of the molecule is COc1nn(C)c2nc(C)c(CCC(=O)NC3CCC(C(=O)O)CC3)c(C)c12. The van der Waals surface area contributed by atoms with Crippen molar-refractivity contribution in [1.29, 1.82) is 0 Å². The molecule has 0 saturated heterocycles. The van der Waals surface area contributed by atoms with Crippen molar-refractivity contribution in [2.24, 2.45) is 13.0 Å². The summed E-state index contributed by atoms with van der Waals surface area (Å²) in [5, 5.41) is 17.4. The first-order valence-corrected chi connectivity index (χ1v) is 9.70. The molecule has 2 N–H and O–H groups in total. The van der Waals surface area contributed by atoms with Crippen molar-refractivity contribution in [3.05, 3.63) is 16.8 Å². The summed E-state index contributed by atoms with van der Waals surface area (Å²) in [7, 11) is 3.43. The Morgan fingerprint density at radius 2 is 1.93 bits per heavy atom. The number of aliphatic carboxylic acids is 1. The number of hydrogen-bond acceptors (Lipinski definition) is 5. The van der Waals surface area contributed by atoms with Crippen LogP contribution < -0.4 is 10.1 Å². The molecule has 2 heterocycles. The summed E-state index contributed by atoms with van der Waals surface area (Å²) in [5.41, 5.74) is 3.76. The maximum absolute atomic E-state index is 12.4. The van der Waals surface area contributed by atoms with E-state index in [4.69, 9.17) is 9.84 Å². The Kier molecular flexibility index (Phi) is 5.86. The fraction of sp³-hybridized carbons (Fsp3) is 0.600. The molecule has 0 bridgehead atoms. The number of carbonyl (C=O) groups is 2. The van der Waals surface area contributed by atoms with E-state index in [1.54, 1.807) is 11.8 Å². The van der Waals surface area contributed by atoms with Gasteiger partial charge in [0.2, 0.25) is 11.8 Å². The molecule has 0 unspecified atom stereocenters. The Hall–Kier alpha value is -2.64. The van der Waals surface area contributed by atoms with Crippen molar-refractivity contribution in [3.63, 3.8) is 0 Å². The standard InChI is InChI=1S/C20H28N4O4/c1-11-15(12(2)21-18-17(11)19(28-4)23-24(18)3)9-10-16(25)22-14-7-5-13(6-8-14)20(26)27/h13-14H,5-10H2,1-4H3,(H,22,25)(H,26,27). The molecule has 2 aromatic rings. The van der Waals surface area contributed by atoms with Gasteiger partial charge in [0.15, 0.2) is 5.65 Å². The number of methoxy groups -OCH3 is 1. The fourth-order valence-electron chi connectivity index (χ4n) is 4.13. The maximum Gasteiger partial charge on any atom is 0.306 e. The summed E-state index contributed by atoms with van der Waals surface area (Å²) in [6.07, 6.45) is 3.66. The average molecular weight is 388 g/mol. The van der Waals surface area contributed by atoms with Crippen molar-refractivity contribution in [1.82, 2.24) is 20.1 Å². The number of amides is 1. The second-order valence-corrected chi connectivity index (χ2v) is 7.59. The van der Waals surface area contributed by atoms with Gasteiger partial charge in [-0.05, 0) is 57.1 Å². The van der Waals surface area contributed by atoms with E-state index in [1.165, 1.54) is 0 Å². The lowest BCUT2D eigenvalue weighted by atomic mass is 9.86. The first kappa shape index (κ1) is 20.1. The highest BCUT2D eigenvalue weighted by Crippen LogP contribution is 2.30. The molecular weight excluding hydrogens is 360 g/mol. The van der Waals surface area contributed by atoms with Crippen LogP contribution in [0.5, 0.6) is 5.88 Å². The molecule has 0 radical (unpaired) electrons. The van der Waals surface area contributed by atoms with E-state index >= 15 is 0 Å². The quantitative estimate of drug-likeness (QED) is 0.786. The number of rotatable bonds is 6. The van der Waals surface area contributed by atoms with Crippen LogP contribution in [0.2, 0.25) is 0 Å². The van der Waals surface area contributed by atoms with Gasteiger partial charge in [-0.25, -0.2) is 9.67 Å². The number of carbonyl (C=O) groups excluding carboxylic acids is 1. The number of aromatic nitrogens is 3. The number of aryl methyl sites for hydroxylation is 3. The van der Waals surface area contributed by atoms with Crippen LogP contribution in [0.15, 0.2) is 0 Å². The molecule has 28 heavy (non-hydrogen) atoms. The molecule has 0 atom stereocenters. The largest absolute Gasteiger partial charge is 0.481 e. The van der Waals surface area contributed by atoms with Crippen molar-refractivity contribution in [2.75, 3.05) is 7.11 Å². The van der Waals surface area contributed by atoms with Crippen LogP contribution in [0.3, 0.4) is 0 Å². The van der Waals surface area contributed by atoms with Crippen LogP contribution in [-0.4, -0.2) is 44.9 Å². The topological polar surface area (TPSA) is 106 Å². The van der Waals surface area contributed by atoms with E-state index in [-0.39, 0.29) is 17.9 Å². The third-order valence-electron chi connectivity index (χ3n) is 5.76. The number of fused-ring (bicyclic) bond motifs is 1. The molecule has 1 fully saturated rings. The molecule has 0 spiro atoms. The maximum atomic E-state index is 12.4. The van der Waals surface area contributed by atoms with Gasteiger partial charge in [0.25, 0.3) is 0 Å². The van der Waals surface area contributed by atoms with Gasteiger partial charge < -0.3 is 15.2 Å². The van der Waals surface area contributed by atoms with Gasteiger partial charge in [-0.1, -0.05) is 0 Å². The van der Waals surface area contributed by atoms with Crippen molar-refractivity contribution in [3.8, 4) is 5.88 Å². The minimum Gasteiger partial charge on any atom is -0.481 e. The molecule has 0 aliphatic heterocycles. The van der Waals surface area contributed by atoms with Gasteiger partial charge >= 0.3 is 5.97 Å². The lowest BCUT2D eigenvalue weighted by Gasteiger charge is -2.26. The molecule has 1 saturated carbocycles. The smallest absolute Gasteiger partial charge is 0.306 e. The lowest BCUT2D eigenvalue weighted by molar-refractivity contribution is -0.142. The molecule has 8 heteroatoms. The minimum atomic E-state index is -0.732. The van der Waals surface area contributed by atoms with E-state index in [0.717, 1.165) is 40.7 Å². The zero-order chi connectivity index (χ0) is 20.4. The van der Waals surface area contributed by atoms with E-state index in [9.17, 15) is 9.59 Å². The first-order chi connectivity index (χ1) is 13.3. The number of nitrogens with zero attached hydrogens (tertiary/aromatic N) is 3. The number of nitrogens with one attached hydrogen (secondary N) is 1. The second-order valence-electron chi connectivity index (χ2n) is 7.59. The number of pyridine rings is 1. The van der Waals surface area contributed by atoms with Crippen LogP contribution >= 0.6 is 0 Å². The lowest BCUT2D eigenvalue weighted by Crippen LogP contribution is -2.38. The molecule has 1 aliphatic rings. The number of carboxylic acid groups (broad SMARTS) is 1. The monoisotopic (exact) mass is 388 g/mol. The predicted octanol–water partition coefficient (Wildman–Crippen LogP) is 2.29. The summed E-state index contributed by atoms with van der Waals surface area (Å²) in [6, 6.07) is 0.0734. The van der Waals surface area contributed by atoms with Crippen LogP contribution in [0, 0.1) is 19.8 Å². The Bertz CT molecular complexity index is 897. The van der Waals surface area contributed by atoms with Crippen molar-refractivity contribution >= 4 is 22.9 Å². The highest BCUT2D eigenvalue weighted by molar-refractivity contribution is 5.86. The van der Waals surface area contributed by atoms with Crippen LogP contribution in [-0.2, 0) is 23.1 Å². The molecule has 0 aromatic carbocycles. The van der Waals surface area contributed by atoms with Gasteiger partial charge in [0, 0.05) is 25.2 Å². The summed E-state index contributed by atoms with van der Waals surface area (Å²) in [5.74, 6) is -0.464. The van der Waals surface area contributed by atoms with Crippen molar-refractivity contribution < 1.29 is 19.4 Å². The van der Waals surface area contributed by atoms with E-state index in [1.807, 2.05) is 20.9 Å². The van der Waals surface area contributed by atoms with Crippen molar-refractivity contribution in [2.45, 2.75) is 58.4 Å². The third-order valence-corrected chi connectivity index (χ3v) is 5.76. The van der Waals surface area contributed by atoms with E-state index < -0.39 is 5.97 Å². The molecule has 1 aliphatic carbocycles. The van der Waals surface area contributed by atoms with Crippen LogP contribution in [0.1, 0.15) is 48.9 Å². The Morgan fingerprint density at radius 3 is 2.54 bits per heavy atom. The Balaban J connectivity index is 1.65. The summed E-state index contributed by atoms with van der Waals surface area (Å²) in [6.45, 7) is 3.97. The average Bonchev–Trinajstić information content (AvgIpc) is 2.98. The molecule has 1 amide bonds. The first-order valence-electron chi connectivity index (χ1n) is 9.70. The van der Waals surface area contributed by atoms with Crippen LogP contribution in [0.4, 0.5) is 0 Å². The molecule has 2 aromatic heterocycles. The minimum absolute atomic E-state index is 0.00387. The Labute approximate surface area is 164 Å². The normalized spacial score (nSPS) is 19.6. The highest BCUT2D eigenvalue weighted by atomic mass is 16.5. The number of ether oxygens (including phenoxy) is 1. The van der Waals surface area contributed by atoms with E-state index in [0.29, 0.717) is 31.6 Å². The highest BCUT2D eigenvalue weighted by Gasteiger charge is 2.26. The zero-order valence-corrected chi connectivity index (χ0v) is 16.9. The van der Waals surface area contributed by atoms with Gasteiger partial charge in [0.1, 0.15) is 0 Å². The van der Waals surface area contributed by atoms with Gasteiger partial charge in [-0.15, -0.1) is 5.10 Å². The van der Waals surface area contributed by atoms with Gasteiger partial charge in [0.05, 0.1) is 18.4 Å². The summed E-state index contributed by atoms with van der Waals surface area (Å²) < 4.78 is 7.09. The summed E-state index contributed by atoms with van der Waals surface area (Å²) in [4.78, 5) is 28.1. The molecule has 3 rings (SSSR count).